The lowest BCUT2D eigenvalue weighted by Gasteiger charge is -2.72. The zero-order valence-corrected chi connectivity index (χ0v) is 40.2. The van der Waals surface area contributed by atoms with Crippen LogP contribution in [0.2, 0.25) is 0 Å². The summed E-state index contributed by atoms with van der Waals surface area (Å²) in [5.41, 5.74) is -2.43. The Hall–Kier alpha value is -0.980. The second-order valence-corrected chi connectivity index (χ2v) is 23.0. The molecule has 4 saturated carbocycles. The molecule has 7 aliphatic rings. The van der Waals surface area contributed by atoms with Crippen LogP contribution in [0.5, 0.6) is 0 Å². The highest BCUT2D eigenvalue weighted by atomic mass is 16.8. The van der Waals surface area contributed by atoms with E-state index in [1.807, 2.05) is 34.6 Å². The second-order valence-electron chi connectivity index (χ2n) is 23.0. The van der Waals surface area contributed by atoms with Crippen LogP contribution in [0.4, 0.5) is 0 Å². The summed E-state index contributed by atoms with van der Waals surface area (Å²) in [7, 11) is 0. The Kier molecular flexibility index (Phi) is 15.4. The lowest BCUT2D eigenvalue weighted by atomic mass is 9.34. The summed E-state index contributed by atoms with van der Waals surface area (Å²) in [6, 6.07) is 0. The summed E-state index contributed by atoms with van der Waals surface area (Å²) in [4.78, 5) is 0. The number of allylic oxidation sites excluding steroid dienone is 2. The molecule has 0 unspecified atom stereocenters. The van der Waals surface area contributed by atoms with Gasteiger partial charge in [0.25, 0.3) is 0 Å². The largest absolute Gasteiger partial charge is 0.394 e. The van der Waals surface area contributed by atoms with Gasteiger partial charge >= 0.3 is 0 Å². The first-order chi connectivity index (χ1) is 30.7. The topological polar surface area (TPSA) is 298 Å². The quantitative estimate of drug-likeness (QED) is 0.0904. The Morgan fingerprint density at radius 3 is 1.89 bits per heavy atom. The van der Waals surface area contributed by atoms with Gasteiger partial charge in [0.2, 0.25) is 0 Å². The van der Waals surface area contributed by atoms with Crippen molar-refractivity contribution in [3.8, 4) is 0 Å². The summed E-state index contributed by atoms with van der Waals surface area (Å²) in [6.45, 7) is 16.8. The van der Waals surface area contributed by atoms with Gasteiger partial charge in [0.05, 0.1) is 43.2 Å². The van der Waals surface area contributed by atoms with E-state index in [0.717, 1.165) is 5.57 Å². The van der Waals surface area contributed by atoms with Gasteiger partial charge in [-0.2, -0.15) is 0 Å². The highest BCUT2D eigenvalue weighted by Gasteiger charge is 2.74. The fourth-order valence-electron chi connectivity index (χ4n) is 14.9. The minimum Gasteiger partial charge on any atom is -0.394 e. The standard InChI is InChI=1S/C48H82O18/c1-21(2)11-10-14-48(9,66-42-38(60)35(57)32(54)26(19-49)63-42)23-12-16-46(7)30(23)24(51)17-28-45(6)15-13-29(52)44(4,5)40(45)25(18-47(28,46)8)62-43-39(36(58)33(55)27(20-50)64-43)65-41-37(59)34(56)31(53)22(3)61-41/h11,22-43,49-60H,10,12-20H2,1-9H3/t22-,23-,24+,25-,26+,27+,28+,29-,30-,31-,32+,33+,34+,35-,36-,37+,38+,39-,40-,41-,42+,43+,45+,46+,47+,48-/m0/s1. The molecule has 18 nitrogen and oxygen atoms in total. The summed E-state index contributed by atoms with van der Waals surface area (Å²) in [5, 5.41) is 132. The van der Waals surface area contributed by atoms with Crippen molar-refractivity contribution in [1.29, 1.82) is 0 Å². The molecule has 7 rings (SSSR count). The van der Waals surface area contributed by atoms with Crippen LogP contribution in [-0.2, 0) is 28.4 Å². The maximum Gasteiger partial charge on any atom is 0.187 e. The molecule has 0 aromatic rings. The molecule has 0 bridgehead atoms. The zero-order valence-electron chi connectivity index (χ0n) is 40.2. The Labute approximate surface area is 388 Å². The monoisotopic (exact) mass is 947 g/mol. The van der Waals surface area contributed by atoms with E-state index in [1.54, 1.807) is 0 Å². The minimum atomic E-state index is -1.75. The Bertz CT molecular complexity index is 1700. The lowest BCUT2D eigenvalue weighted by molar-refractivity contribution is -0.382. The summed E-state index contributed by atoms with van der Waals surface area (Å²) < 4.78 is 38.1. The normalized spacial score (nSPS) is 53.5. The van der Waals surface area contributed by atoms with Crippen molar-refractivity contribution >= 4 is 0 Å². The third-order valence-electron chi connectivity index (χ3n) is 18.7. The molecule has 26 atom stereocenters. The van der Waals surface area contributed by atoms with Crippen LogP contribution >= 0.6 is 0 Å². The molecule has 0 amide bonds. The SMILES string of the molecule is CC(C)=CCC[C@](C)(O[C@H]1O[C@H](CO)[C@@H](O)[C@H](O)[C@H]1O)[C@H]1CC[C@]2(C)[C@@H]1[C@H](O)C[C@@H]1[C@@]3(C)CC[C@H](O)C(C)(C)[C@@H]3[C@@H](O[C@@H]3O[C@H](CO)[C@@H](O)[C@H](O)[C@@H]3O[C@@H]3O[C@@H](C)[C@H](O)[C@@H](O)[C@H]3O)C[C@]12C. The van der Waals surface area contributed by atoms with E-state index in [2.05, 4.69) is 26.8 Å². The molecule has 7 fully saturated rings. The first-order valence-electron chi connectivity index (χ1n) is 24.3. The highest BCUT2D eigenvalue weighted by molar-refractivity contribution is 5.22. The lowest BCUT2D eigenvalue weighted by Crippen LogP contribution is -2.71. The maximum absolute atomic E-state index is 12.7. The third kappa shape index (κ3) is 8.69. The van der Waals surface area contributed by atoms with Gasteiger partial charge in [-0.25, -0.2) is 0 Å². The molecule has 0 spiro atoms. The van der Waals surface area contributed by atoms with Crippen molar-refractivity contribution in [3.05, 3.63) is 11.6 Å². The second kappa shape index (κ2) is 19.2. The van der Waals surface area contributed by atoms with Gasteiger partial charge in [0.1, 0.15) is 67.1 Å². The van der Waals surface area contributed by atoms with Crippen molar-refractivity contribution in [2.75, 3.05) is 13.2 Å². The van der Waals surface area contributed by atoms with Crippen molar-refractivity contribution in [2.24, 2.45) is 45.3 Å². The van der Waals surface area contributed by atoms with Crippen LogP contribution in [0.25, 0.3) is 0 Å². The highest BCUT2D eigenvalue weighted by Crippen LogP contribution is 2.76. The van der Waals surface area contributed by atoms with Crippen molar-refractivity contribution in [2.45, 2.75) is 230 Å². The van der Waals surface area contributed by atoms with Crippen LogP contribution in [0.3, 0.4) is 0 Å². The van der Waals surface area contributed by atoms with Gasteiger partial charge in [0, 0.05) is 0 Å². The van der Waals surface area contributed by atoms with Crippen LogP contribution in [0.1, 0.15) is 114 Å². The molecular weight excluding hydrogens is 865 g/mol. The molecule has 0 aromatic carbocycles. The van der Waals surface area contributed by atoms with Crippen molar-refractivity contribution in [1.82, 2.24) is 0 Å². The molecular formula is C48H82O18. The molecule has 18 heteroatoms. The molecule has 0 aromatic heterocycles. The maximum atomic E-state index is 12.7. The molecule has 3 aliphatic heterocycles. The summed E-state index contributed by atoms with van der Waals surface area (Å²) in [5.74, 6) is -1.12. The van der Waals surface area contributed by atoms with Gasteiger partial charge in [-0.15, -0.1) is 0 Å². The number of fused-ring (bicyclic) bond motifs is 5. The average molecular weight is 947 g/mol. The van der Waals surface area contributed by atoms with Crippen LogP contribution < -0.4 is 0 Å². The summed E-state index contributed by atoms with van der Waals surface area (Å²) >= 11 is 0. The predicted molar refractivity (Wildman–Crippen MR) is 234 cm³/mol. The van der Waals surface area contributed by atoms with E-state index >= 15 is 0 Å². The van der Waals surface area contributed by atoms with Crippen LogP contribution in [0, 0.1) is 45.3 Å². The molecule has 4 aliphatic carbocycles. The Morgan fingerprint density at radius 2 is 1.27 bits per heavy atom. The van der Waals surface area contributed by atoms with Gasteiger partial charge in [-0.3, -0.25) is 0 Å². The Balaban J connectivity index is 1.27. The fraction of sp³-hybridized carbons (Fsp3) is 0.958. The number of aliphatic hydroxyl groups excluding tert-OH is 12. The fourth-order valence-corrected chi connectivity index (χ4v) is 14.9. The van der Waals surface area contributed by atoms with Crippen LogP contribution in [0.15, 0.2) is 11.6 Å². The molecule has 66 heavy (non-hydrogen) atoms. The van der Waals surface area contributed by atoms with Gasteiger partial charge in [-0.05, 0) is 124 Å². The Morgan fingerprint density at radius 1 is 0.682 bits per heavy atom. The molecule has 12 N–H and O–H groups in total. The number of rotatable bonds is 12. The minimum absolute atomic E-state index is 0.0861. The van der Waals surface area contributed by atoms with Gasteiger partial charge in [0.15, 0.2) is 18.9 Å². The zero-order chi connectivity index (χ0) is 48.8. The van der Waals surface area contributed by atoms with E-state index in [9.17, 15) is 61.3 Å². The smallest absolute Gasteiger partial charge is 0.187 e. The van der Waals surface area contributed by atoms with Crippen LogP contribution in [-0.4, -0.2) is 191 Å². The van der Waals surface area contributed by atoms with Crippen molar-refractivity contribution < 1.29 is 89.7 Å². The van der Waals surface area contributed by atoms with Gasteiger partial charge in [-0.1, -0.05) is 46.3 Å². The van der Waals surface area contributed by atoms with E-state index in [4.69, 9.17) is 28.4 Å². The number of hydrogen-bond donors (Lipinski definition) is 12. The van der Waals surface area contributed by atoms with Gasteiger partial charge < -0.3 is 89.7 Å². The number of ether oxygens (including phenoxy) is 6. The molecule has 0 radical (unpaired) electrons. The summed E-state index contributed by atoms with van der Waals surface area (Å²) in [6.07, 6.45) is -18.3. The van der Waals surface area contributed by atoms with E-state index < -0.39 is 151 Å². The third-order valence-corrected chi connectivity index (χ3v) is 18.7. The first-order valence-corrected chi connectivity index (χ1v) is 24.3. The van der Waals surface area contributed by atoms with E-state index in [-0.39, 0.29) is 23.7 Å². The average Bonchev–Trinajstić information content (AvgIpc) is 3.64. The molecule has 3 heterocycles. The first kappa shape index (κ1) is 52.8. The molecule has 3 saturated heterocycles. The predicted octanol–water partition coefficient (Wildman–Crippen LogP) is -0.0284. The molecule has 382 valence electrons. The number of hydrogen-bond acceptors (Lipinski definition) is 18. The number of aliphatic hydroxyl groups is 12. The van der Waals surface area contributed by atoms with Crippen molar-refractivity contribution in [3.63, 3.8) is 0 Å². The van der Waals surface area contributed by atoms with E-state index in [0.29, 0.717) is 51.4 Å². The van der Waals surface area contributed by atoms with E-state index in [1.165, 1.54) is 6.92 Å².